The zero-order valence-corrected chi connectivity index (χ0v) is 13.1. The molecule has 1 aromatic heterocycles. The highest BCUT2D eigenvalue weighted by Gasteiger charge is 2.17. The number of nitrogens with zero attached hydrogens (tertiary/aromatic N) is 2. The van der Waals surface area contributed by atoms with E-state index in [2.05, 4.69) is 10.3 Å². The zero-order valence-electron chi connectivity index (χ0n) is 13.1. The van der Waals surface area contributed by atoms with Gasteiger partial charge < -0.3 is 10.1 Å². The fourth-order valence-electron chi connectivity index (χ4n) is 2.32. The van der Waals surface area contributed by atoms with Crippen LogP contribution in [0.3, 0.4) is 0 Å². The molecule has 0 saturated heterocycles. The highest BCUT2D eigenvalue weighted by atomic mass is 16.5. The van der Waals surface area contributed by atoms with E-state index in [1.165, 1.54) is 0 Å². The molecule has 22 heavy (non-hydrogen) atoms. The Morgan fingerprint density at radius 1 is 1.41 bits per heavy atom. The van der Waals surface area contributed by atoms with E-state index in [0.29, 0.717) is 36.3 Å². The van der Waals surface area contributed by atoms with Crippen molar-refractivity contribution in [3.63, 3.8) is 0 Å². The van der Waals surface area contributed by atoms with E-state index < -0.39 is 0 Å². The number of nitrogens with one attached hydrogen (secondary N) is 1. The molecule has 0 radical (unpaired) electrons. The number of ether oxygens (including phenoxy) is 1. The van der Waals surface area contributed by atoms with Crippen LogP contribution in [0.2, 0.25) is 0 Å². The quantitative estimate of drug-likeness (QED) is 0.880. The van der Waals surface area contributed by atoms with Gasteiger partial charge in [-0.1, -0.05) is 19.1 Å². The lowest BCUT2D eigenvalue weighted by Crippen LogP contribution is -2.34. The van der Waals surface area contributed by atoms with E-state index in [9.17, 15) is 9.59 Å². The summed E-state index contributed by atoms with van der Waals surface area (Å²) >= 11 is 0. The molecule has 6 heteroatoms. The van der Waals surface area contributed by atoms with Gasteiger partial charge in [0.05, 0.1) is 30.1 Å². The monoisotopic (exact) mass is 303 g/mol. The van der Waals surface area contributed by atoms with E-state index in [1.807, 2.05) is 19.1 Å². The highest BCUT2D eigenvalue weighted by molar-refractivity contribution is 5.78. The van der Waals surface area contributed by atoms with Gasteiger partial charge in [0.15, 0.2) is 0 Å². The Morgan fingerprint density at radius 3 is 2.82 bits per heavy atom. The summed E-state index contributed by atoms with van der Waals surface area (Å²) in [4.78, 5) is 28.9. The van der Waals surface area contributed by atoms with E-state index >= 15 is 0 Å². The van der Waals surface area contributed by atoms with Gasteiger partial charge in [0.1, 0.15) is 5.82 Å². The molecule has 2 rings (SSSR count). The van der Waals surface area contributed by atoms with Crippen LogP contribution in [0.15, 0.2) is 29.1 Å². The minimum absolute atomic E-state index is 0.0757. The highest BCUT2D eigenvalue weighted by Crippen LogP contribution is 2.14. The first-order valence-corrected chi connectivity index (χ1v) is 7.36. The summed E-state index contributed by atoms with van der Waals surface area (Å²) in [5, 5.41) is 3.42. The largest absolute Gasteiger partial charge is 0.383 e. The maximum atomic E-state index is 12.7. The van der Waals surface area contributed by atoms with Gasteiger partial charge >= 0.3 is 0 Å². The van der Waals surface area contributed by atoms with E-state index in [-0.39, 0.29) is 17.5 Å². The van der Waals surface area contributed by atoms with Gasteiger partial charge in [-0.05, 0) is 19.1 Å². The number of fused-ring (bicyclic) bond motifs is 1. The molecule has 2 aromatic rings. The fraction of sp³-hybridized carbons (Fsp3) is 0.438. The first-order valence-electron chi connectivity index (χ1n) is 7.36. The molecule has 0 unspecified atom stereocenters. The smallest absolute Gasteiger partial charge is 0.261 e. The van der Waals surface area contributed by atoms with Crippen molar-refractivity contribution in [1.82, 2.24) is 14.9 Å². The van der Waals surface area contributed by atoms with E-state index in [4.69, 9.17) is 4.74 Å². The molecule has 0 aliphatic rings. The Kier molecular flexibility index (Phi) is 5.27. The van der Waals surface area contributed by atoms with Gasteiger partial charge in [0.2, 0.25) is 5.91 Å². The van der Waals surface area contributed by atoms with Crippen LogP contribution in [-0.4, -0.2) is 29.2 Å². The van der Waals surface area contributed by atoms with Crippen molar-refractivity contribution in [1.29, 1.82) is 0 Å². The van der Waals surface area contributed by atoms with Crippen molar-refractivity contribution < 1.29 is 9.53 Å². The molecule has 1 N–H and O–H groups in total. The Bertz CT molecular complexity index is 724. The average molecular weight is 303 g/mol. The lowest BCUT2D eigenvalue weighted by atomic mass is 10.2. The zero-order chi connectivity index (χ0) is 16.1. The second-order valence-corrected chi connectivity index (χ2v) is 5.08. The third kappa shape index (κ3) is 3.33. The molecular weight excluding hydrogens is 282 g/mol. The summed E-state index contributed by atoms with van der Waals surface area (Å²) < 4.78 is 6.65. The van der Waals surface area contributed by atoms with Gasteiger partial charge in [-0.25, -0.2) is 4.98 Å². The fourth-order valence-corrected chi connectivity index (χ4v) is 2.32. The van der Waals surface area contributed by atoms with Crippen LogP contribution >= 0.6 is 0 Å². The average Bonchev–Trinajstić information content (AvgIpc) is 2.53. The van der Waals surface area contributed by atoms with E-state index in [0.717, 1.165) is 0 Å². The van der Waals surface area contributed by atoms with Crippen LogP contribution in [0.25, 0.3) is 10.9 Å². The van der Waals surface area contributed by atoms with Gasteiger partial charge in [-0.2, -0.15) is 0 Å². The molecule has 1 atom stereocenters. The van der Waals surface area contributed by atoms with Gasteiger partial charge in [-0.15, -0.1) is 0 Å². The van der Waals surface area contributed by atoms with Crippen LogP contribution in [0.1, 0.15) is 32.1 Å². The second kappa shape index (κ2) is 7.17. The molecule has 1 aromatic carbocycles. The van der Waals surface area contributed by atoms with E-state index in [1.54, 1.807) is 30.7 Å². The summed E-state index contributed by atoms with van der Waals surface area (Å²) in [5.74, 6) is 0.468. The first-order chi connectivity index (χ1) is 10.6. The Morgan fingerprint density at radius 2 is 2.14 bits per heavy atom. The number of benzene rings is 1. The molecule has 6 nitrogen and oxygen atoms in total. The summed E-state index contributed by atoms with van der Waals surface area (Å²) in [6.07, 6.45) is 0.389. The predicted octanol–water partition coefficient (Wildman–Crippen LogP) is 1.63. The normalized spacial score (nSPS) is 12.3. The predicted molar refractivity (Wildman–Crippen MR) is 84.7 cm³/mol. The van der Waals surface area contributed by atoms with Gasteiger partial charge in [0, 0.05) is 13.5 Å². The lowest BCUT2D eigenvalue weighted by molar-refractivity contribution is -0.121. The Labute approximate surface area is 129 Å². The van der Waals surface area contributed by atoms with Gasteiger partial charge in [-0.3, -0.25) is 14.2 Å². The third-order valence-electron chi connectivity index (χ3n) is 3.50. The van der Waals surface area contributed by atoms with Crippen molar-refractivity contribution in [2.45, 2.75) is 32.9 Å². The maximum Gasteiger partial charge on any atom is 0.261 e. The lowest BCUT2D eigenvalue weighted by Gasteiger charge is -2.19. The molecule has 0 aliphatic carbocycles. The number of aromatic nitrogens is 2. The number of para-hydroxylation sites is 1. The van der Waals surface area contributed by atoms with Crippen LogP contribution in [-0.2, 0) is 16.1 Å². The van der Waals surface area contributed by atoms with Crippen molar-refractivity contribution in [2.24, 2.45) is 0 Å². The number of carbonyl (C=O) groups is 1. The Balaban J connectivity index is 2.54. The standard InChI is InChI=1S/C16H21N3O3/c1-4-14(20)17-11(2)15-18-13-8-6-5-7-12(13)16(21)19(15)9-10-22-3/h5-8,11H,4,9-10H2,1-3H3,(H,17,20)/t11-/m0/s1. The summed E-state index contributed by atoms with van der Waals surface area (Å²) in [6.45, 7) is 4.41. The molecule has 0 saturated carbocycles. The minimum atomic E-state index is -0.346. The summed E-state index contributed by atoms with van der Waals surface area (Å²) in [5.41, 5.74) is 0.518. The minimum Gasteiger partial charge on any atom is -0.383 e. The second-order valence-electron chi connectivity index (χ2n) is 5.08. The number of hydrogen-bond acceptors (Lipinski definition) is 4. The van der Waals surface area contributed by atoms with Crippen molar-refractivity contribution >= 4 is 16.8 Å². The number of rotatable bonds is 6. The Hall–Kier alpha value is -2.21. The molecule has 0 fully saturated rings. The molecule has 0 bridgehead atoms. The van der Waals surface area contributed by atoms with Crippen molar-refractivity contribution in [3.8, 4) is 0 Å². The molecule has 0 spiro atoms. The van der Waals surface area contributed by atoms with Crippen LogP contribution in [0, 0.1) is 0 Å². The molecule has 118 valence electrons. The molecular formula is C16H21N3O3. The maximum absolute atomic E-state index is 12.7. The third-order valence-corrected chi connectivity index (χ3v) is 3.50. The molecule has 1 amide bonds. The molecule has 0 aliphatic heterocycles. The number of carbonyl (C=O) groups excluding carboxylic acids is 1. The summed E-state index contributed by atoms with van der Waals surface area (Å²) in [6, 6.07) is 6.87. The van der Waals surface area contributed by atoms with Crippen molar-refractivity contribution in [3.05, 3.63) is 40.4 Å². The summed E-state index contributed by atoms with van der Waals surface area (Å²) in [7, 11) is 1.58. The van der Waals surface area contributed by atoms with Crippen LogP contribution in [0.4, 0.5) is 0 Å². The number of hydrogen-bond donors (Lipinski definition) is 1. The topological polar surface area (TPSA) is 73.2 Å². The first kappa shape index (κ1) is 16.2. The SMILES string of the molecule is CCC(=O)N[C@@H](C)c1nc2ccccc2c(=O)n1CCOC. The van der Waals surface area contributed by atoms with Crippen LogP contribution in [0.5, 0.6) is 0 Å². The van der Waals surface area contributed by atoms with Crippen LogP contribution < -0.4 is 10.9 Å². The molecule has 1 heterocycles. The number of methoxy groups -OCH3 is 1. The van der Waals surface area contributed by atoms with Crippen molar-refractivity contribution in [2.75, 3.05) is 13.7 Å². The number of amides is 1. The van der Waals surface area contributed by atoms with Gasteiger partial charge in [0.25, 0.3) is 5.56 Å².